The van der Waals surface area contributed by atoms with E-state index in [0.717, 1.165) is 6.07 Å². The molecular formula is C13H18ClFN2O3S. The second-order valence-electron chi connectivity index (χ2n) is 4.27. The number of nitrogens with zero attached hydrogens (tertiary/aromatic N) is 1. The van der Waals surface area contributed by atoms with Crippen molar-refractivity contribution in [3.8, 4) is 0 Å². The lowest BCUT2D eigenvalue weighted by Crippen LogP contribution is -2.34. The Labute approximate surface area is 129 Å². The zero-order valence-electron chi connectivity index (χ0n) is 11.9. The van der Waals surface area contributed by atoms with Gasteiger partial charge in [-0.1, -0.05) is 17.7 Å². The molecule has 0 fully saturated rings. The van der Waals surface area contributed by atoms with Crippen LogP contribution in [0.5, 0.6) is 0 Å². The van der Waals surface area contributed by atoms with E-state index >= 15 is 0 Å². The number of benzene rings is 1. The van der Waals surface area contributed by atoms with Crippen LogP contribution >= 0.6 is 11.6 Å². The van der Waals surface area contributed by atoms with Crippen molar-refractivity contribution in [2.24, 2.45) is 0 Å². The van der Waals surface area contributed by atoms with E-state index in [4.69, 9.17) is 11.6 Å². The highest BCUT2D eigenvalue weighted by molar-refractivity contribution is 7.89. The number of hydrogen-bond acceptors (Lipinski definition) is 3. The monoisotopic (exact) mass is 336 g/mol. The summed E-state index contributed by atoms with van der Waals surface area (Å²) in [5.41, 5.74) is 0. The van der Waals surface area contributed by atoms with Crippen LogP contribution in [-0.2, 0) is 14.8 Å². The maximum absolute atomic E-state index is 13.7. The molecule has 21 heavy (non-hydrogen) atoms. The molecule has 1 aromatic rings. The Morgan fingerprint density at radius 3 is 2.52 bits per heavy atom. The second-order valence-corrected chi connectivity index (χ2v) is 6.41. The number of carbonyl (C=O) groups excluding carboxylic acids is 1. The normalized spacial score (nSPS) is 11.4. The molecule has 0 bridgehead atoms. The van der Waals surface area contributed by atoms with Crippen LogP contribution < -0.4 is 4.72 Å². The van der Waals surface area contributed by atoms with Gasteiger partial charge in [0.1, 0.15) is 4.90 Å². The van der Waals surface area contributed by atoms with Gasteiger partial charge in [0.05, 0.1) is 5.02 Å². The molecule has 1 aromatic carbocycles. The van der Waals surface area contributed by atoms with Gasteiger partial charge in [0.25, 0.3) is 0 Å². The minimum Gasteiger partial charge on any atom is -0.343 e. The molecule has 0 spiro atoms. The smallest absolute Gasteiger partial charge is 0.243 e. The first-order valence-corrected chi connectivity index (χ1v) is 8.41. The third-order valence-corrected chi connectivity index (χ3v) is 4.72. The molecule has 8 heteroatoms. The van der Waals surface area contributed by atoms with E-state index in [0.29, 0.717) is 13.1 Å². The summed E-state index contributed by atoms with van der Waals surface area (Å²) in [6, 6.07) is 3.73. The number of nitrogens with one attached hydrogen (secondary N) is 1. The first-order chi connectivity index (χ1) is 9.83. The molecule has 118 valence electrons. The van der Waals surface area contributed by atoms with E-state index in [9.17, 15) is 17.6 Å². The molecule has 0 radical (unpaired) electrons. The molecule has 0 aliphatic heterocycles. The lowest BCUT2D eigenvalue weighted by atomic mass is 10.3. The predicted octanol–water partition coefficient (Wildman–Crippen LogP) is 2.02. The van der Waals surface area contributed by atoms with Crippen molar-refractivity contribution >= 4 is 27.5 Å². The molecule has 5 nitrogen and oxygen atoms in total. The van der Waals surface area contributed by atoms with Crippen LogP contribution in [0.15, 0.2) is 23.1 Å². The van der Waals surface area contributed by atoms with Crippen LogP contribution in [-0.4, -0.2) is 38.9 Å². The van der Waals surface area contributed by atoms with E-state index in [1.54, 1.807) is 4.90 Å². The van der Waals surface area contributed by atoms with Gasteiger partial charge in [-0.3, -0.25) is 4.79 Å². The van der Waals surface area contributed by atoms with Crippen LogP contribution in [0, 0.1) is 5.82 Å². The van der Waals surface area contributed by atoms with Crippen molar-refractivity contribution in [3.05, 3.63) is 29.0 Å². The molecule has 0 saturated heterocycles. The minimum atomic E-state index is -4.03. The molecule has 0 saturated carbocycles. The average Bonchev–Trinajstić information content (AvgIpc) is 2.42. The van der Waals surface area contributed by atoms with E-state index in [1.807, 2.05) is 13.8 Å². The summed E-state index contributed by atoms with van der Waals surface area (Å²) in [4.78, 5) is 12.8. The quantitative estimate of drug-likeness (QED) is 0.828. The van der Waals surface area contributed by atoms with Crippen LogP contribution in [0.25, 0.3) is 0 Å². The number of sulfonamides is 1. The highest BCUT2D eigenvalue weighted by Gasteiger charge is 2.21. The maximum Gasteiger partial charge on any atom is 0.243 e. The van der Waals surface area contributed by atoms with Gasteiger partial charge >= 0.3 is 0 Å². The summed E-state index contributed by atoms with van der Waals surface area (Å²) >= 11 is 5.56. The molecular weight excluding hydrogens is 319 g/mol. The van der Waals surface area contributed by atoms with Crippen LogP contribution in [0.4, 0.5) is 4.39 Å². The molecule has 0 aliphatic carbocycles. The Morgan fingerprint density at radius 2 is 1.95 bits per heavy atom. The van der Waals surface area contributed by atoms with Gasteiger partial charge in [0.2, 0.25) is 15.9 Å². The third-order valence-electron chi connectivity index (χ3n) is 2.95. The van der Waals surface area contributed by atoms with Gasteiger partial charge in [-0.25, -0.2) is 17.5 Å². The first-order valence-electron chi connectivity index (χ1n) is 6.55. The van der Waals surface area contributed by atoms with E-state index in [-0.39, 0.29) is 23.9 Å². The standard InChI is InChI=1S/C13H18ClFN2O3S/c1-3-17(4-2)12(18)8-9-16-21(19,20)11-7-5-6-10(14)13(11)15/h5-7,16H,3-4,8-9H2,1-2H3. The molecule has 0 aromatic heterocycles. The Morgan fingerprint density at radius 1 is 1.33 bits per heavy atom. The predicted molar refractivity (Wildman–Crippen MR) is 79.1 cm³/mol. The fourth-order valence-corrected chi connectivity index (χ4v) is 3.16. The van der Waals surface area contributed by atoms with Crippen molar-refractivity contribution in [1.82, 2.24) is 9.62 Å². The molecule has 1 rings (SSSR count). The van der Waals surface area contributed by atoms with Crippen molar-refractivity contribution in [2.75, 3.05) is 19.6 Å². The van der Waals surface area contributed by atoms with Gasteiger partial charge < -0.3 is 4.90 Å². The minimum absolute atomic E-state index is 0.0170. The van der Waals surface area contributed by atoms with Gasteiger partial charge in [0, 0.05) is 26.1 Å². The lowest BCUT2D eigenvalue weighted by molar-refractivity contribution is -0.130. The van der Waals surface area contributed by atoms with Crippen molar-refractivity contribution in [3.63, 3.8) is 0 Å². The average molecular weight is 337 g/mol. The van der Waals surface area contributed by atoms with Gasteiger partial charge in [-0.15, -0.1) is 0 Å². The molecule has 0 atom stereocenters. The molecule has 0 heterocycles. The fraction of sp³-hybridized carbons (Fsp3) is 0.462. The maximum atomic E-state index is 13.7. The van der Waals surface area contributed by atoms with Crippen molar-refractivity contribution in [1.29, 1.82) is 0 Å². The van der Waals surface area contributed by atoms with Gasteiger partial charge in [-0.05, 0) is 26.0 Å². The van der Waals surface area contributed by atoms with Gasteiger partial charge in [-0.2, -0.15) is 0 Å². The fourth-order valence-electron chi connectivity index (χ4n) is 1.80. The number of hydrogen-bond donors (Lipinski definition) is 1. The lowest BCUT2D eigenvalue weighted by Gasteiger charge is -2.18. The molecule has 1 amide bonds. The largest absolute Gasteiger partial charge is 0.343 e. The zero-order chi connectivity index (χ0) is 16.0. The molecule has 0 aliphatic rings. The summed E-state index contributed by atoms with van der Waals surface area (Å²) in [6.07, 6.45) is 0.0170. The van der Waals surface area contributed by atoms with E-state index < -0.39 is 20.7 Å². The number of amides is 1. The van der Waals surface area contributed by atoms with Crippen LogP contribution in [0.2, 0.25) is 5.02 Å². The zero-order valence-corrected chi connectivity index (χ0v) is 13.5. The Hall–Kier alpha value is -1.18. The van der Waals surface area contributed by atoms with E-state index in [1.165, 1.54) is 12.1 Å². The summed E-state index contributed by atoms with van der Waals surface area (Å²) in [7, 11) is -4.03. The van der Waals surface area contributed by atoms with Crippen molar-refractivity contribution in [2.45, 2.75) is 25.2 Å². The first kappa shape index (κ1) is 17.9. The van der Waals surface area contributed by atoms with Gasteiger partial charge in [0.15, 0.2) is 5.82 Å². The van der Waals surface area contributed by atoms with Crippen LogP contribution in [0.1, 0.15) is 20.3 Å². The number of halogens is 2. The SMILES string of the molecule is CCN(CC)C(=O)CCNS(=O)(=O)c1cccc(Cl)c1F. The highest BCUT2D eigenvalue weighted by atomic mass is 35.5. The molecule has 1 N–H and O–H groups in total. The van der Waals surface area contributed by atoms with Crippen molar-refractivity contribution < 1.29 is 17.6 Å². The Kier molecular flexibility index (Phi) is 6.57. The topological polar surface area (TPSA) is 66.5 Å². The summed E-state index contributed by atoms with van der Waals surface area (Å²) in [5, 5.41) is -0.267. The molecule has 0 unspecified atom stereocenters. The number of carbonyl (C=O) groups is 1. The second kappa shape index (κ2) is 7.72. The highest BCUT2D eigenvalue weighted by Crippen LogP contribution is 2.21. The van der Waals surface area contributed by atoms with Crippen LogP contribution in [0.3, 0.4) is 0 Å². The third kappa shape index (κ3) is 4.66. The Bertz CT molecular complexity index is 603. The summed E-state index contributed by atoms with van der Waals surface area (Å²) in [6.45, 7) is 4.71. The van der Waals surface area contributed by atoms with E-state index in [2.05, 4.69) is 4.72 Å². The number of rotatable bonds is 7. The summed E-state index contributed by atoms with van der Waals surface area (Å²) < 4.78 is 39.8. The summed E-state index contributed by atoms with van der Waals surface area (Å²) in [5.74, 6) is -1.16. The Balaban J connectivity index is 2.70.